The number of halogens is 3. The van der Waals surface area contributed by atoms with E-state index in [0.717, 1.165) is 0 Å². The van der Waals surface area contributed by atoms with Gasteiger partial charge in [0.25, 0.3) is 5.56 Å². The Morgan fingerprint density at radius 3 is 2.83 bits per heavy atom. The first-order valence-corrected chi connectivity index (χ1v) is 9.53. The van der Waals surface area contributed by atoms with Gasteiger partial charge in [0, 0.05) is 38.1 Å². The van der Waals surface area contributed by atoms with E-state index in [-0.39, 0.29) is 37.1 Å². The number of pyridine rings is 1. The van der Waals surface area contributed by atoms with Gasteiger partial charge in [0.2, 0.25) is 5.95 Å². The first-order chi connectivity index (χ1) is 13.8. The van der Waals surface area contributed by atoms with Crippen molar-refractivity contribution in [2.75, 3.05) is 29.6 Å². The van der Waals surface area contributed by atoms with Crippen LogP contribution < -0.4 is 15.4 Å². The minimum atomic E-state index is -4.44. The normalized spacial score (nSPS) is 22.5. The molecule has 2 aliphatic rings. The summed E-state index contributed by atoms with van der Waals surface area (Å²) >= 11 is 0. The van der Waals surface area contributed by atoms with Crippen LogP contribution in [0.4, 0.5) is 24.9 Å². The summed E-state index contributed by atoms with van der Waals surface area (Å²) in [6, 6.07) is 3.06. The summed E-state index contributed by atoms with van der Waals surface area (Å²) in [4.78, 5) is 24.3. The number of morpholine rings is 1. The highest BCUT2D eigenvalue weighted by Crippen LogP contribution is 2.35. The standard InChI is InChI=1S/C19H22F3N5O2/c1-13-12-29-8-7-25(13)16-9-17(28)26-6-4-15(19(20,21)22)27(18(26)24-16)11-14-3-2-5-23-10-14/h2-3,5,9-10,13,15H,4,6-8,11-12H2,1H3/t13-,15+/m1/s1. The highest BCUT2D eigenvalue weighted by Gasteiger charge is 2.47. The molecule has 10 heteroatoms. The molecule has 0 N–H and O–H groups in total. The van der Waals surface area contributed by atoms with Crippen LogP contribution in [0.25, 0.3) is 0 Å². The maximum Gasteiger partial charge on any atom is 0.408 e. The van der Waals surface area contributed by atoms with Crippen LogP contribution in [0.1, 0.15) is 18.9 Å². The Morgan fingerprint density at radius 1 is 1.31 bits per heavy atom. The van der Waals surface area contributed by atoms with Crippen LogP contribution in [0.2, 0.25) is 0 Å². The smallest absolute Gasteiger partial charge is 0.377 e. The number of fused-ring (bicyclic) bond motifs is 1. The van der Waals surface area contributed by atoms with Crippen LogP contribution >= 0.6 is 0 Å². The fraction of sp³-hybridized carbons (Fsp3) is 0.526. The first-order valence-electron chi connectivity index (χ1n) is 9.53. The molecule has 2 atom stereocenters. The van der Waals surface area contributed by atoms with E-state index < -0.39 is 12.2 Å². The molecule has 0 unspecified atom stereocenters. The van der Waals surface area contributed by atoms with Crippen LogP contribution in [0.15, 0.2) is 35.4 Å². The lowest BCUT2D eigenvalue weighted by molar-refractivity contribution is -0.153. The summed E-state index contributed by atoms with van der Waals surface area (Å²) in [5.74, 6) is 0.430. The zero-order valence-corrected chi connectivity index (χ0v) is 16.0. The Balaban J connectivity index is 1.78. The number of hydrogen-bond donors (Lipinski definition) is 0. The lowest BCUT2D eigenvalue weighted by Gasteiger charge is -2.40. The van der Waals surface area contributed by atoms with Crippen molar-refractivity contribution in [1.82, 2.24) is 14.5 Å². The predicted molar refractivity (Wildman–Crippen MR) is 101 cm³/mol. The lowest BCUT2D eigenvalue weighted by atomic mass is 10.1. The molecule has 2 aromatic rings. The van der Waals surface area contributed by atoms with Crippen molar-refractivity contribution >= 4 is 11.8 Å². The summed E-state index contributed by atoms with van der Waals surface area (Å²) in [7, 11) is 0. The molecule has 2 aliphatic heterocycles. The maximum absolute atomic E-state index is 13.8. The number of alkyl halides is 3. The molecule has 1 fully saturated rings. The monoisotopic (exact) mass is 409 g/mol. The van der Waals surface area contributed by atoms with Gasteiger partial charge in [-0.3, -0.25) is 14.3 Å². The first kappa shape index (κ1) is 19.7. The molecule has 4 heterocycles. The lowest BCUT2D eigenvalue weighted by Crippen LogP contribution is -2.52. The Kier molecular flexibility index (Phi) is 5.20. The van der Waals surface area contributed by atoms with Crippen LogP contribution in [-0.4, -0.2) is 52.6 Å². The largest absolute Gasteiger partial charge is 0.408 e. The highest BCUT2D eigenvalue weighted by atomic mass is 19.4. The van der Waals surface area contributed by atoms with E-state index in [2.05, 4.69) is 9.97 Å². The predicted octanol–water partition coefficient (Wildman–Crippen LogP) is 2.20. The molecule has 0 aromatic carbocycles. The van der Waals surface area contributed by atoms with Crippen LogP contribution in [0.5, 0.6) is 0 Å². The molecule has 0 saturated carbocycles. The van der Waals surface area contributed by atoms with Gasteiger partial charge in [0.1, 0.15) is 11.9 Å². The van der Waals surface area contributed by atoms with Gasteiger partial charge in [-0.2, -0.15) is 18.2 Å². The fourth-order valence-electron chi connectivity index (χ4n) is 3.88. The molecule has 0 aliphatic carbocycles. The van der Waals surface area contributed by atoms with E-state index >= 15 is 0 Å². The molecular weight excluding hydrogens is 387 g/mol. The zero-order chi connectivity index (χ0) is 20.6. The Hall–Kier alpha value is -2.62. The molecule has 1 saturated heterocycles. The second-order valence-electron chi connectivity index (χ2n) is 7.36. The number of ether oxygens (including phenoxy) is 1. The van der Waals surface area contributed by atoms with Gasteiger partial charge < -0.3 is 14.5 Å². The molecule has 156 valence electrons. The van der Waals surface area contributed by atoms with Gasteiger partial charge in [-0.25, -0.2) is 0 Å². The summed E-state index contributed by atoms with van der Waals surface area (Å²) in [6.07, 6.45) is -1.55. The summed E-state index contributed by atoms with van der Waals surface area (Å²) in [5.41, 5.74) is 0.273. The number of rotatable bonds is 3. The van der Waals surface area contributed by atoms with E-state index in [1.165, 1.54) is 21.7 Å². The van der Waals surface area contributed by atoms with Crippen molar-refractivity contribution in [2.24, 2.45) is 0 Å². The van der Waals surface area contributed by atoms with E-state index in [0.29, 0.717) is 31.1 Å². The molecule has 29 heavy (non-hydrogen) atoms. The second-order valence-corrected chi connectivity index (χ2v) is 7.36. The topological polar surface area (TPSA) is 63.5 Å². The minimum absolute atomic E-state index is 0.0200. The minimum Gasteiger partial charge on any atom is -0.377 e. The van der Waals surface area contributed by atoms with E-state index in [9.17, 15) is 18.0 Å². The van der Waals surface area contributed by atoms with E-state index in [4.69, 9.17) is 4.74 Å². The third kappa shape index (κ3) is 3.93. The Bertz CT molecular complexity index is 918. The van der Waals surface area contributed by atoms with Gasteiger partial charge >= 0.3 is 6.18 Å². The van der Waals surface area contributed by atoms with Crippen LogP contribution in [-0.2, 0) is 17.8 Å². The average molecular weight is 409 g/mol. The molecule has 0 bridgehead atoms. The van der Waals surface area contributed by atoms with Crippen molar-refractivity contribution in [3.8, 4) is 0 Å². The number of aromatic nitrogens is 3. The fourth-order valence-corrected chi connectivity index (χ4v) is 3.88. The summed E-state index contributed by atoms with van der Waals surface area (Å²) in [6.45, 7) is 3.37. The third-order valence-corrected chi connectivity index (χ3v) is 5.35. The SMILES string of the molecule is C[C@@H]1COCCN1c1cc(=O)n2c(n1)N(Cc1cccnc1)[C@H](C(F)(F)F)CC2. The van der Waals surface area contributed by atoms with Crippen molar-refractivity contribution < 1.29 is 17.9 Å². The molecule has 2 aromatic heterocycles. The summed E-state index contributed by atoms with van der Waals surface area (Å²) < 4.78 is 48.2. The number of anilines is 2. The van der Waals surface area contributed by atoms with E-state index in [1.54, 1.807) is 18.3 Å². The molecule has 0 radical (unpaired) electrons. The van der Waals surface area contributed by atoms with Crippen molar-refractivity contribution in [2.45, 2.75) is 44.7 Å². The maximum atomic E-state index is 13.8. The quantitative estimate of drug-likeness (QED) is 0.775. The molecule has 7 nitrogen and oxygen atoms in total. The third-order valence-electron chi connectivity index (χ3n) is 5.35. The van der Waals surface area contributed by atoms with Gasteiger partial charge in [-0.15, -0.1) is 0 Å². The van der Waals surface area contributed by atoms with Gasteiger partial charge in [0.05, 0.1) is 19.3 Å². The van der Waals surface area contributed by atoms with Crippen LogP contribution in [0.3, 0.4) is 0 Å². The van der Waals surface area contributed by atoms with Crippen molar-refractivity contribution in [3.63, 3.8) is 0 Å². The average Bonchev–Trinajstić information content (AvgIpc) is 2.68. The van der Waals surface area contributed by atoms with Gasteiger partial charge in [-0.1, -0.05) is 6.07 Å². The van der Waals surface area contributed by atoms with Crippen LogP contribution in [0, 0.1) is 0 Å². The molecule has 0 amide bonds. The molecular formula is C19H22F3N5O2. The van der Waals surface area contributed by atoms with E-state index in [1.807, 2.05) is 11.8 Å². The number of nitrogens with zero attached hydrogens (tertiary/aromatic N) is 5. The summed E-state index contributed by atoms with van der Waals surface area (Å²) in [5, 5.41) is 0. The molecule has 0 spiro atoms. The van der Waals surface area contributed by atoms with Gasteiger partial charge in [-0.05, 0) is 25.0 Å². The van der Waals surface area contributed by atoms with Gasteiger partial charge in [0.15, 0.2) is 0 Å². The Morgan fingerprint density at radius 2 is 2.14 bits per heavy atom. The van der Waals surface area contributed by atoms with Crippen molar-refractivity contribution in [3.05, 3.63) is 46.5 Å². The number of hydrogen-bond acceptors (Lipinski definition) is 6. The second kappa shape index (κ2) is 7.66. The zero-order valence-electron chi connectivity index (χ0n) is 16.0. The molecule has 4 rings (SSSR count). The highest BCUT2D eigenvalue weighted by molar-refractivity contribution is 5.48. The Labute approximate surface area is 165 Å². The van der Waals surface area contributed by atoms with Crippen molar-refractivity contribution in [1.29, 1.82) is 0 Å².